The Balaban J connectivity index is 1.56. The van der Waals surface area contributed by atoms with Crippen LogP contribution in [-0.4, -0.2) is 16.0 Å². The van der Waals surface area contributed by atoms with Crippen molar-refractivity contribution in [1.29, 1.82) is 0 Å². The number of halogens is 2. The summed E-state index contributed by atoms with van der Waals surface area (Å²) in [4.78, 5) is 13.1. The number of nitrogens with zero attached hydrogens (tertiary/aromatic N) is 1. The predicted octanol–water partition coefficient (Wildman–Crippen LogP) is 6.70. The number of nitrogens with two attached hydrogens (primary N) is 1. The highest BCUT2D eigenvalue weighted by molar-refractivity contribution is 6.34. The van der Waals surface area contributed by atoms with E-state index in [4.69, 9.17) is 28.9 Å². The van der Waals surface area contributed by atoms with Crippen LogP contribution in [0.4, 0.5) is 5.82 Å². The Bertz CT molecular complexity index is 1450. The first-order valence-corrected chi connectivity index (χ1v) is 10.5. The van der Waals surface area contributed by atoms with Crippen LogP contribution >= 0.6 is 23.2 Å². The molecule has 0 saturated heterocycles. The van der Waals surface area contributed by atoms with Crippen LogP contribution in [0.2, 0.25) is 10.0 Å². The Hall–Kier alpha value is -3.34. The number of rotatable bonds is 4. The SMILES string of the molecule is Nc1n[nH]c2cccc(-c3ccc4c(C(=O)Cc5cc(Cl)cc(Cl)c5)cccc4c3)c12. The number of aromatic amines is 1. The molecule has 0 spiro atoms. The van der Waals surface area contributed by atoms with Crippen LogP contribution in [0.5, 0.6) is 0 Å². The summed E-state index contributed by atoms with van der Waals surface area (Å²) >= 11 is 12.2. The first-order valence-electron chi connectivity index (χ1n) is 9.73. The zero-order chi connectivity index (χ0) is 21.5. The van der Waals surface area contributed by atoms with Gasteiger partial charge in [0.1, 0.15) is 0 Å². The molecule has 0 aliphatic heterocycles. The minimum absolute atomic E-state index is 0.0119. The van der Waals surface area contributed by atoms with Gasteiger partial charge in [-0.1, -0.05) is 65.7 Å². The molecule has 1 aromatic heterocycles. The molecule has 4 aromatic carbocycles. The van der Waals surface area contributed by atoms with Crippen molar-refractivity contribution in [1.82, 2.24) is 10.2 Å². The third-order valence-corrected chi connectivity index (χ3v) is 5.83. The zero-order valence-electron chi connectivity index (χ0n) is 16.3. The minimum Gasteiger partial charge on any atom is -0.382 e. The van der Waals surface area contributed by atoms with E-state index in [0.717, 1.165) is 38.4 Å². The lowest BCUT2D eigenvalue weighted by Crippen LogP contribution is -2.04. The van der Waals surface area contributed by atoms with Gasteiger partial charge in [-0.3, -0.25) is 9.89 Å². The Morgan fingerprint density at radius 2 is 1.71 bits per heavy atom. The highest BCUT2D eigenvalue weighted by Crippen LogP contribution is 2.33. The number of H-pyrrole nitrogens is 1. The molecule has 3 N–H and O–H groups in total. The second kappa shape index (κ2) is 7.73. The topological polar surface area (TPSA) is 71.8 Å². The van der Waals surface area contributed by atoms with E-state index in [1.165, 1.54) is 0 Å². The van der Waals surface area contributed by atoms with Gasteiger partial charge in [-0.2, -0.15) is 5.10 Å². The smallest absolute Gasteiger partial charge is 0.167 e. The van der Waals surface area contributed by atoms with E-state index in [-0.39, 0.29) is 12.2 Å². The average Bonchev–Trinajstić information content (AvgIpc) is 3.13. The third kappa shape index (κ3) is 3.65. The molecule has 0 aliphatic carbocycles. The molecular formula is C25H17Cl2N3O. The summed E-state index contributed by atoms with van der Waals surface area (Å²) in [5.74, 6) is 0.479. The lowest BCUT2D eigenvalue weighted by Gasteiger charge is -2.10. The van der Waals surface area contributed by atoms with E-state index in [0.29, 0.717) is 21.4 Å². The highest BCUT2D eigenvalue weighted by Gasteiger charge is 2.14. The summed E-state index contributed by atoms with van der Waals surface area (Å²) < 4.78 is 0. The van der Waals surface area contributed by atoms with Crippen molar-refractivity contribution < 1.29 is 4.79 Å². The van der Waals surface area contributed by atoms with Crippen LogP contribution in [0.1, 0.15) is 15.9 Å². The average molecular weight is 446 g/mol. The van der Waals surface area contributed by atoms with Gasteiger partial charge in [-0.15, -0.1) is 0 Å². The molecule has 1 heterocycles. The van der Waals surface area contributed by atoms with E-state index in [1.54, 1.807) is 18.2 Å². The van der Waals surface area contributed by atoms with E-state index in [1.807, 2.05) is 48.5 Å². The first kappa shape index (κ1) is 19.6. The largest absolute Gasteiger partial charge is 0.382 e. The number of Topliss-reactive ketones (excluding diaryl/α,β-unsaturated/α-hetero) is 1. The minimum atomic E-state index is 0.0119. The standard InChI is InChI=1S/C25H17Cl2N3O/c26-17-9-14(10-18(27)13-17)11-23(31)21-5-1-3-15-12-16(7-8-19(15)21)20-4-2-6-22-24(20)25(28)30-29-22/h1-10,12-13H,11H2,(H3,28,29,30). The summed E-state index contributed by atoms with van der Waals surface area (Å²) in [5.41, 5.74) is 10.4. The van der Waals surface area contributed by atoms with Crippen molar-refractivity contribution in [2.45, 2.75) is 6.42 Å². The van der Waals surface area contributed by atoms with Crippen molar-refractivity contribution in [3.8, 4) is 11.1 Å². The number of benzene rings is 4. The van der Waals surface area contributed by atoms with Crippen LogP contribution in [0.3, 0.4) is 0 Å². The van der Waals surface area contributed by atoms with Crippen LogP contribution in [0.25, 0.3) is 32.8 Å². The van der Waals surface area contributed by atoms with Gasteiger partial charge in [0, 0.05) is 22.0 Å². The number of hydrogen-bond donors (Lipinski definition) is 2. The Morgan fingerprint density at radius 3 is 2.52 bits per heavy atom. The number of carbonyl (C=O) groups is 1. The maximum atomic E-state index is 13.1. The third-order valence-electron chi connectivity index (χ3n) is 5.40. The van der Waals surface area contributed by atoms with E-state index >= 15 is 0 Å². The number of fused-ring (bicyclic) bond motifs is 2. The normalized spacial score (nSPS) is 11.3. The van der Waals surface area contributed by atoms with Crippen LogP contribution < -0.4 is 5.73 Å². The highest BCUT2D eigenvalue weighted by atomic mass is 35.5. The van der Waals surface area contributed by atoms with Crippen molar-refractivity contribution in [3.05, 3.63) is 94.0 Å². The van der Waals surface area contributed by atoms with Gasteiger partial charge in [0.25, 0.3) is 0 Å². The number of ketones is 1. The Labute approximate surface area is 188 Å². The molecule has 5 rings (SSSR count). The van der Waals surface area contributed by atoms with Crippen molar-refractivity contribution in [2.24, 2.45) is 0 Å². The van der Waals surface area contributed by atoms with Gasteiger partial charge in [0.05, 0.1) is 10.9 Å². The number of anilines is 1. The van der Waals surface area contributed by atoms with Gasteiger partial charge >= 0.3 is 0 Å². The molecular weight excluding hydrogens is 429 g/mol. The molecule has 0 fully saturated rings. The summed E-state index contributed by atoms with van der Waals surface area (Å²) in [6.45, 7) is 0. The van der Waals surface area contributed by atoms with Gasteiger partial charge in [-0.05, 0) is 57.8 Å². The molecule has 4 nitrogen and oxygen atoms in total. The fourth-order valence-corrected chi connectivity index (χ4v) is 4.60. The zero-order valence-corrected chi connectivity index (χ0v) is 17.8. The van der Waals surface area contributed by atoms with E-state index in [9.17, 15) is 4.79 Å². The number of nitrogens with one attached hydrogen (secondary N) is 1. The molecule has 0 saturated carbocycles. The van der Waals surface area contributed by atoms with Crippen molar-refractivity contribution in [3.63, 3.8) is 0 Å². The lowest BCUT2D eigenvalue weighted by atomic mass is 9.94. The van der Waals surface area contributed by atoms with Crippen molar-refractivity contribution >= 4 is 56.5 Å². The number of nitrogen functional groups attached to an aromatic ring is 1. The molecule has 0 aliphatic rings. The molecule has 6 heteroatoms. The molecule has 31 heavy (non-hydrogen) atoms. The lowest BCUT2D eigenvalue weighted by molar-refractivity contribution is 0.0994. The maximum Gasteiger partial charge on any atom is 0.167 e. The maximum absolute atomic E-state index is 13.1. The molecule has 0 bridgehead atoms. The summed E-state index contributed by atoms with van der Waals surface area (Å²) in [6.07, 6.45) is 0.228. The predicted molar refractivity (Wildman–Crippen MR) is 128 cm³/mol. The summed E-state index contributed by atoms with van der Waals surface area (Å²) in [7, 11) is 0. The molecule has 152 valence electrons. The van der Waals surface area contributed by atoms with Crippen molar-refractivity contribution in [2.75, 3.05) is 5.73 Å². The second-order valence-corrected chi connectivity index (χ2v) is 8.33. The molecule has 0 radical (unpaired) electrons. The van der Waals surface area contributed by atoms with Gasteiger partial charge in [-0.25, -0.2) is 0 Å². The summed E-state index contributed by atoms with van der Waals surface area (Å²) in [6, 6.07) is 23.0. The molecule has 0 atom stereocenters. The quantitative estimate of drug-likeness (QED) is 0.302. The molecule has 0 unspecified atom stereocenters. The molecule has 0 amide bonds. The van der Waals surface area contributed by atoms with Crippen LogP contribution in [-0.2, 0) is 6.42 Å². The molecule has 5 aromatic rings. The first-order chi connectivity index (χ1) is 15.0. The summed E-state index contributed by atoms with van der Waals surface area (Å²) in [5, 5.41) is 10.9. The second-order valence-electron chi connectivity index (χ2n) is 7.46. The number of carbonyl (C=O) groups excluding carboxylic acids is 1. The van der Waals surface area contributed by atoms with Gasteiger partial charge in [0.2, 0.25) is 0 Å². The van der Waals surface area contributed by atoms with Gasteiger partial charge < -0.3 is 5.73 Å². The number of hydrogen-bond acceptors (Lipinski definition) is 3. The fourth-order valence-electron chi connectivity index (χ4n) is 4.03. The van der Waals surface area contributed by atoms with Gasteiger partial charge in [0.15, 0.2) is 11.6 Å². The Kier molecular flexibility index (Phi) is 4.89. The Morgan fingerprint density at radius 1 is 0.935 bits per heavy atom. The van der Waals surface area contributed by atoms with Crippen LogP contribution in [0.15, 0.2) is 72.8 Å². The monoisotopic (exact) mass is 445 g/mol. The fraction of sp³-hybridized carbons (Fsp3) is 0.0400. The van der Waals surface area contributed by atoms with E-state index < -0.39 is 0 Å². The van der Waals surface area contributed by atoms with E-state index in [2.05, 4.69) is 16.3 Å². The van der Waals surface area contributed by atoms with Crippen LogP contribution in [0, 0.1) is 0 Å². The number of aromatic nitrogens is 2.